The average molecular weight is 347 g/mol. The first kappa shape index (κ1) is 16.0. The van der Waals surface area contributed by atoms with Crippen LogP contribution >= 0.6 is 0 Å². The van der Waals surface area contributed by atoms with Gasteiger partial charge in [-0.05, 0) is 42.5 Å². The first-order chi connectivity index (χ1) is 11.3. The molecule has 2 aromatic carbocycles. The van der Waals surface area contributed by atoms with Crippen LogP contribution in [0.2, 0.25) is 0 Å². The second kappa shape index (κ2) is 5.97. The van der Waals surface area contributed by atoms with E-state index in [-0.39, 0.29) is 5.69 Å². The van der Waals surface area contributed by atoms with Gasteiger partial charge in [-0.25, -0.2) is 12.8 Å². The maximum atomic E-state index is 13.7. The summed E-state index contributed by atoms with van der Waals surface area (Å²) in [6.45, 7) is 0. The molecule has 0 atom stereocenters. The highest BCUT2D eigenvalue weighted by Crippen LogP contribution is 2.20. The van der Waals surface area contributed by atoms with E-state index in [0.717, 1.165) is 6.26 Å². The van der Waals surface area contributed by atoms with Crippen LogP contribution in [0.5, 0.6) is 0 Å². The topological polar surface area (TPSA) is 91.1 Å². The van der Waals surface area contributed by atoms with Gasteiger partial charge in [0.2, 0.25) is 10.0 Å². The summed E-state index contributed by atoms with van der Waals surface area (Å²) < 4.78 is 38.3. The summed E-state index contributed by atoms with van der Waals surface area (Å²) in [5, 5.41) is 3.00. The molecule has 0 bridgehead atoms. The summed E-state index contributed by atoms with van der Waals surface area (Å²) in [4.78, 5) is 15.1. The van der Waals surface area contributed by atoms with Crippen molar-refractivity contribution in [2.45, 2.75) is 0 Å². The Labute approximate surface area is 137 Å². The summed E-state index contributed by atoms with van der Waals surface area (Å²) in [6.07, 6.45) is 1.05. The van der Waals surface area contributed by atoms with Crippen molar-refractivity contribution in [2.75, 3.05) is 16.3 Å². The van der Waals surface area contributed by atoms with Gasteiger partial charge >= 0.3 is 0 Å². The van der Waals surface area contributed by atoms with Crippen molar-refractivity contribution >= 4 is 38.2 Å². The third kappa shape index (κ3) is 3.54. The van der Waals surface area contributed by atoms with Gasteiger partial charge < -0.3 is 10.3 Å². The standard InChI is InChI=1S/C16H14FN3O3S/c1-24(22,23)20-11-7-5-10(6-8-11)18-16(21)15-9-12-13(17)3-2-4-14(12)19-15/h2-9,19-20H,1H3,(H,18,21). The molecule has 0 aliphatic carbocycles. The number of rotatable bonds is 4. The van der Waals surface area contributed by atoms with E-state index >= 15 is 0 Å². The van der Waals surface area contributed by atoms with Crippen molar-refractivity contribution in [3.63, 3.8) is 0 Å². The Hall–Kier alpha value is -2.87. The van der Waals surface area contributed by atoms with E-state index in [9.17, 15) is 17.6 Å². The number of benzene rings is 2. The Morgan fingerprint density at radius 1 is 1.08 bits per heavy atom. The number of aromatic amines is 1. The number of sulfonamides is 1. The molecular weight excluding hydrogens is 333 g/mol. The van der Waals surface area contributed by atoms with Crippen LogP contribution in [0.4, 0.5) is 15.8 Å². The zero-order valence-corrected chi connectivity index (χ0v) is 13.4. The number of hydrogen-bond donors (Lipinski definition) is 3. The number of fused-ring (bicyclic) bond motifs is 1. The molecule has 0 saturated carbocycles. The lowest BCUT2D eigenvalue weighted by atomic mass is 10.2. The first-order valence-electron chi connectivity index (χ1n) is 6.98. The fraction of sp³-hybridized carbons (Fsp3) is 0.0625. The molecule has 6 nitrogen and oxygen atoms in total. The van der Waals surface area contributed by atoms with Gasteiger partial charge in [0.1, 0.15) is 11.5 Å². The molecule has 24 heavy (non-hydrogen) atoms. The van der Waals surface area contributed by atoms with Crippen molar-refractivity contribution in [2.24, 2.45) is 0 Å². The van der Waals surface area contributed by atoms with Crippen LogP contribution < -0.4 is 10.0 Å². The average Bonchev–Trinajstić information content (AvgIpc) is 2.93. The van der Waals surface area contributed by atoms with Crippen LogP contribution in [0.1, 0.15) is 10.5 Å². The Balaban J connectivity index is 1.77. The maximum Gasteiger partial charge on any atom is 0.272 e. The number of carbonyl (C=O) groups is 1. The minimum Gasteiger partial charge on any atom is -0.350 e. The molecule has 0 radical (unpaired) electrons. The fourth-order valence-electron chi connectivity index (χ4n) is 2.27. The van der Waals surface area contributed by atoms with Crippen LogP contribution in [0.15, 0.2) is 48.5 Å². The molecule has 1 aromatic heterocycles. The van der Waals surface area contributed by atoms with E-state index in [0.29, 0.717) is 22.3 Å². The molecule has 0 saturated heterocycles. The van der Waals surface area contributed by atoms with Gasteiger partial charge in [-0.2, -0.15) is 0 Å². The van der Waals surface area contributed by atoms with E-state index < -0.39 is 21.7 Å². The van der Waals surface area contributed by atoms with Crippen LogP contribution in [0, 0.1) is 5.82 Å². The molecule has 0 aliphatic rings. The van der Waals surface area contributed by atoms with E-state index in [2.05, 4.69) is 15.0 Å². The maximum absolute atomic E-state index is 13.7. The summed E-state index contributed by atoms with van der Waals surface area (Å²) in [6, 6.07) is 12.2. The monoisotopic (exact) mass is 347 g/mol. The molecular formula is C16H14FN3O3S. The second-order valence-corrected chi connectivity index (χ2v) is 7.04. The van der Waals surface area contributed by atoms with Crippen LogP contribution in [0.25, 0.3) is 10.9 Å². The van der Waals surface area contributed by atoms with Gasteiger partial charge in [0.15, 0.2) is 0 Å². The fourth-order valence-corrected chi connectivity index (χ4v) is 2.84. The minimum absolute atomic E-state index is 0.230. The summed E-state index contributed by atoms with van der Waals surface area (Å²) in [5.41, 5.74) is 1.64. The normalized spacial score (nSPS) is 11.4. The first-order valence-corrected chi connectivity index (χ1v) is 8.87. The van der Waals surface area contributed by atoms with E-state index in [1.165, 1.54) is 24.3 Å². The molecule has 0 aliphatic heterocycles. The van der Waals surface area contributed by atoms with Gasteiger partial charge in [0.05, 0.1) is 6.26 Å². The van der Waals surface area contributed by atoms with Crippen molar-refractivity contribution < 1.29 is 17.6 Å². The van der Waals surface area contributed by atoms with Gasteiger partial charge in [0, 0.05) is 22.3 Å². The smallest absolute Gasteiger partial charge is 0.272 e. The highest BCUT2D eigenvalue weighted by molar-refractivity contribution is 7.92. The highest BCUT2D eigenvalue weighted by Gasteiger charge is 2.12. The van der Waals surface area contributed by atoms with Gasteiger partial charge in [-0.3, -0.25) is 9.52 Å². The van der Waals surface area contributed by atoms with E-state index in [1.807, 2.05) is 0 Å². The zero-order valence-electron chi connectivity index (χ0n) is 12.6. The molecule has 3 rings (SSSR count). The summed E-state index contributed by atoms with van der Waals surface area (Å²) in [5.74, 6) is -0.826. The summed E-state index contributed by atoms with van der Waals surface area (Å²) in [7, 11) is -3.35. The third-order valence-electron chi connectivity index (χ3n) is 3.30. The number of nitrogens with one attached hydrogen (secondary N) is 3. The lowest BCUT2D eigenvalue weighted by molar-refractivity contribution is 0.102. The number of aromatic nitrogens is 1. The van der Waals surface area contributed by atoms with Crippen molar-refractivity contribution in [3.05, 3.63) is 60.0 Å². The molecule has 0 spiro atoms. The predicted octanol–water partition coefficient (Wildman–Crippen LogP) is 2.93. The molecule has 1 heterocycles. The molecule has 3 N–H and O–H groups in total. The third-order valence-corrected chi connectivity index (χ3v) is 3.91. The van der Waals surface area contributed by atoms with Gasteiger partial charge in [0.25, 0.3) is 5.91 Å². The minimum atomic E-state index is -3.35. The highest BCUT2D eigenvalue weighted by atomic mass is 32.2. The Morgan fingerprint density at radius 3 is 2.38 bits per heavy atom. The molecule has 1 amide bonds. The molecule has 3 aromatic rings. The Morgan fingerprint density at radius 2 is 1.75 bits per heavy atom. The Kier molecular flexibility index (Phi) is 3.98. The predicted molar refractivity (Wildman–Crippen MR) is 91.1 cm³/mol. The SMILES string of the molecule is CS(=O)(=O)Nc1ccc(NC(=O)c2cc3c(F)cccc3[nH]2)cc1. The van der Waals surface area contributed by atoms with Crippen LogP contribution in [0.3, 0.4) is 0 Å². The molecule has 0 fully saturated rings. The lowest BCUT2D eigenvalue weighted by Crippen LogP contribution is -2.12. The van der Waals surface area contributed by atoms with E-state index in [1.54, 1.807) is 24.3 Å². The van der Waals surface area contributed by atoms with Gasteiger partial charge in [-0.15, -0.1) is 0 Å². The number of H-pyrrole nitrogens is 1. The molecule has 8 heteroatoms. The van der Waals surface area contributed by atoms with Crippen LogP contribution in [-0.4, -0.2) is 25.6 Å². The number of amides is 1. The zero-order chi connectivity index (χ0) is 17.3. The van der Waals surface area contributed by atoms with Gasteiger partial charge in [-0.1, -0.05) is 6.07 Å². The quantitative estimate of drug-likeness (QED) is 0.678. The molecule has 0 unspecified atom stereocenters. The van der Waals surface area contributed by atoms with Crippen molar-refractivity contribution in [1.82, 2.24) is 4.98 Å². The largest absolute Gasteiger partial charge is 0.350 e. The number of hydrogen-bond acceptors (Lipinski definition) is 3. The second-order valence-electron chi connectivity index (χ2n) is 5.29. The van der Waals surface area contributed by atoms with Crippen molar-refractivity contribution in [1.29, 1.82) is 0 Å². The number of halogens is 1. The Bertz CT molecular complexity index is 1010. The molecule has 124 valence electrons. The van der Waals surface area contributed by atoms with Crippen LogP contribution in [-0.2, 0) is 10.0 Å². The van der Waals surface area contributed by atoms with Crippen molar-refractivity contribution in [3.8, 4) is 0 Å². The lowest BCUT2D eigenvalue weighted by Gasteiger charge is -2.06. The number of carbonyl (C=O) groups excluding carboxylic acids is 1. The number of anilines is 2. The summed E-state index contributed by atoms with van der Waals surface area (Å²) >= 11 is 0. The van der Waals surface area contributed by atoms with E-state index in [4.69, 9.17) is 0 Å².